The van der Waals surface area contributed by atoms with Gasteiger partial charge in [0.05, 0.1) is 0 Å². The van der Waals surface area contributed by atoms with Crippen LogP contribution in [0.4, 0.5) is 0 Å². The molecule has 1 rings (SSSR count). The van der Waals surface area contributed by atoms with Crippen LogP contribution in [0.25, 0.3) is 0 Å². The van der Waals surface area contributed by atoms with Gasteiger partial charge in [-0.1, -0.05) is 20.4 Å². The van der Waals surface area contributed by atoms with Crippen LogP contribution in [0.5, 0.6) is 0 Å². The first-order chi connectivity index (χ1) is 7.78. The van der Waals surface area contributed by atoms with Gasteiger partial charge in [0.15, 0.2) is 0 Å². The molecule has 1 atom stereocenters. The minimum Gasteiger partial charge on any atom is -0.308 e. The first kappa shape index (κ1) is 14.7. The second-order valence-corrected chi connectivity index (χ2v) is 6.88. The number of nitrogens with one attached hydrogen (secondary N) is 1. The lowest BCUT2D eigenvalue weighted by Gasteiger charge is -2.24. The summed E-state index contributed by atoms with van der Waals surface area (Å²) in [6, 6.07) is 0. The molecule has 0 bridgehead atoms. The molecule has 2 nitrogen and oxygen atoms in total. The number of hydrogen-bond donors (Lipinski definition) is 1. The smallest absolute Gasteiger partial charge is 0.0202 e. The zero-order valence-corrected chi connectivity index (χ0v) is 12.3. The van der Waals surface area contributed by atoms with Gasteiger partial charge in [-0.2, -0.15) is 0 Å². The van der Waals surface area contributed by atoms with E-state index in [1.807, 2.05) is 0 Å². The van der Waals surface area contributed by atoms with Crippen molar-refractivity contribution in [1.82, 2.24) is 10.2 Å². The predicted octanol–water partition coefficient (Wildman–Crippen LogP) is 2.91. The summed E-state index contributed by atoms with van der Waals surface area (Å²) in [5, 5.41) is 3.50. The summed E-state index contributed by atoms with van der Waals surface area (Å²) in [6.07, 6.45) is 1.36. The maximum Gasteiger partial charge on any atom is 0.0202 e. The molecule has 1 aliphatic heterocycles. The van der Waals surface area contributed by atoms with Crippen LogP contribution >= 0.6 is 0 Å². The molecule has 1 saturated heterocycles. The van der Waals surface area contributed by atoms with Crippen LogP contribution < -0.4 is 5.32 Å². The van der Waals surface area contributed by atoms with Gasteiger partial charge < -0.3 is 5.32 Å². The van der Waals surface area contributed by atoms with Crippen molar-refractivity contribution >= 4 is 0 Å². The Morgan fingerprint density at radius 2 is 2.06 bits per heavy atom. The van der Waals surface area contributed by atoms with Crippen molar-refractivity contribution in [3.63, 3.8) is 0 Å². The molecule has 1 aliphatic rings. The molecule has 0 saturated carbocycles. The number of nitrogens with zero attached hydrogens (tertiary/aromatic N) is 1. The first-order valence-corrected chi connectivity index (χ1v) is 6.92. The molecule has 0 aromatic heterocycles. The fourth-order valence-corrected chi connectivity index (χ4v) is 2.31. The maximum absolute atomic E-state index is 4.19. The van der Waals surface area contributed by atoms with Gasteiger partial charge in [-0.25, -0.2) is 0 Å². The van der Waals surface area contributed by atoms with Gasteiger partial charge >= 0.3 is 0 Å². The largest absolute Gasteiger partial charge is 0.308 e. The van der Waals surface area contributed by atoms with E-state index in [1.165, 1.54) is 25.1 Å². The van der Waals surface area contributed by atoms with Crippen molar-refractivity contribution in [2.75, 3.05) is 26.2 Å². The second-order valence-electron chi connectivity index (χ2n) is 6.88. The summed E-state index contributed by atoms with van der Waals surface area (Å²) in [6.45, 7) is 20.0. The molecule has 1 unspecified atom stereocenters. The third kappa shape index (κ3) is 5.69. The van der Waals surface area contributed by atoms with Crippen molar-refractivity contribution in [3.8, 4) is 0 Å². The minimum absolute atomic E-state index is 0.189. The van der Waals surface area contributed by atoms with Gasteiger partial charge in [0.1, 0.15) is 0 Å². The molecule has 0 aliphatic carbocycles. The highest BCUT2D eigenvalue weighted by molar-refractivity contribution is 5.02. The minimum atomic E-state index is 0.189. The van der Waals surface area contributed by atoms with Crippen LogP contribution in [0, 0.1) is 11.8 Å². The van der Waals surface area contributed by atoms with Gasteiger partial charge in [-0.05, 0) is 51.1 Å². The lowest BCUT2D eigenvalue weighted by atomic mass is 9.95. The van der Waals surface area contributed by atoms with E-state index < -0.39 is 0 Å². The van der Waals surface area contributed by atoms with Crippen molar-refractivity contribution < 1.29 is 0 Å². The van der Waals surface area contributed by atoms with Gasteiger partial charge in [0.2, 0.25) is 0 Å². The van der Waals surface area contributed by atoms with E-state index in [0.29, 0.717) is 0 Å². The van der Waals surface area contributed by atoms with Gasteiger partial charge in [0.25, 0.3) is 0 Å². The summed E-state index contributed by atoms with van der Waals surface area (Å²) in [5.74, 6) is 1.71. The standard InChI is InChI=1S/C15H30N2/c1-12(2)14-7-8-17(11-14)10-13(3)9-16-15(4,5)6/h12,14,16H,3,7-11H2,1-2,4-6H3. The van der Waals surface area contributed by atoms with Gasteiger partial charge in [-0.3, -0.25) is 4.90 Å². The number of likely N-dealkylation sites (tertiary alicyclic amines) is 1. The van der Waals surface area contributed by atoms with Crippen LogP contribution in [0.15, 0.2) is 12.2 Å². The third-order valence-corrected chi connectivity index (χ3v) is 3.57. The fraction of sp³-hybridized carbons (Fsp3) is 0.867. The molecule has 17 heavy (non-hydrogen) atoms. The monoisotopic (exact) mass is 238 g/mol. The average molecular weight is 238 g/mol. The average Bonchev–Trinajstić information content (AvgIpc) is 2.62. The number of hydrogen-bond acceptors (Lipinski definition) is 2. The van der Waals surface area contributed by atoms with Crippen molar-refractivity contribution in [1.29, 1.82) is 0 Å². The molecule has 0 amide bonds. The van der Waals surface area contributed by atoms with E-state index in [9.17, 15) is 0 Å². The lowest BCUT2D eigenvalue weighted by Crippen LogP contribution is -2.38. The molecule has 0 radical (unpaired) electrons. The Morgan fingerprint density at radius 3 is 2.53 bits per heavy atom. The Labute approximate surface area is 107 Å². The summed E-state index contributed by atoms with van der Waals surface area (Å²) >= 11 is 0. The topological polar surface area (TPSA) is 15.3 Å². The van der Waals surface area contributed by atoms with E-state index in [1.54, 1.807) is 0 Å². The van der Waals surface area contributed by atoms with Crippen LogP contribution in [0.1, 0.15) is 41.0 Å². The van der Waals surface area contributed by atoms with Gasteiger partial charge in [-0.15, -0.1) is 0 Å². The Hall–Kier alpha value is -0.340. The molecule has 2 heteroatoms. The molecule has 0 aromatic rings. The quantitative estimate of drug-likeness (QED) is 0.741. The third-order valence-electron chi connectivity index (χ3n) is 3.57. The summed E-state index contributed by atoms with van der Waals surface area (Å²) in [5.41, 5.74) is 1.50. The molecule has 100 valence electrons. The van der Waals surface area contributed by atoms with E-state index in [0.717, 1.165) is 24.9 Å². The van der Waals surface area contributed by atoms with Crippen LogP contribution in [0.3, 0.4) is 0 Å². The second kappa shape index (κ2) is 6.01. The molecular formula is C15H30N2. The highest BCUT2D eigenvalue weighted by atomic mass is 15.1. The summed E-state index contributed by atoms with van der Waals surface area (Å²) in [7, 11) is 0. The van der Waals surface area contributed by atoms with E-state index in [-0.39, 0.29) is 5.54 Å². The van der Waals surface area contributed by atoms with Gasteiger partial charge in [0, 0.05) is 25.2 Å². The number of rotatable bonds is 5. The Balaban J connectivity index is 2.24. The zero-order chi connectivity index (χ0) is 13.1. The summed E-state index contributed by atoms with van der Waals surface area (Å²) < 4.78 is 0. The van der Waals surface area contributed by atoms with Crippen molar-refractivity contribution in [2.45, 2.75) is 46.6 Å². The zero-order valence-electron chi connectivity index (χ0n) is 12.3. The van der Waals surface area contributed by atoms with E-state index in [2.05, 4.69) is 51.4 Å². The fourth-order valence-electron chi connectivity index (χ4n) is 2.31. The van der Waals surface area contributed by atoms with Crippen LogP contribution in [0.2, 0.25) is 0 Å². The van der Waals surface area contributed by atoms with E-state index in [4.69, 9.17) is 0 Å². The van der Waals surface area contributed by atoms with Crippen LogP contribution in [-0.4, -0.2) is 36.6 Å². The van der Waals surface area contributed by atoms with Crippen molar-refractivity contribution in [3.05, 3.63) is 12.2 Å². The normalized spacial score (nSPS) is 22.4. The van der Waals surface area contributed by atoms with E-state index >= 15 is 0 Å². The maximum atomic E-state index is 4.19. The molecule has 1 fully saturated rings. The Morgan fingerprint density at radius 1 is 1.41 bits per heavy atom. The Bertz CT molecular complexity index is 250. The highest BCUT2D eigenvalue weighted by Crippen LogP contribution is 2.23. The summed E-state index contributed by atoms with van der Waals surface area (Å²) in [4.78, 5) is 2.55. The highest BCUT2D eigenvalue weighted by Gasteiger charge is 2.24. The molecule has 1 N–H and O–H groups in total. The molecule has 0 spiro atoms. The van der Waals surface area contributed by atoms with Crippen LogP contribution in [-0.2, 0) is 0 Å². The SMILES string of the molecule is C=C(CNC(C)(C)C)CN1CCC(C(C)C)C1. The molecule has 1 heterocycles. The first-order valence-electron chi connectivity index (χ1n) is 6.92. The predicted molar refractivity (Wildman–Crippen MR) is 76.3 cm³/mol. The molecular weight excluding hydrogens is 208 g/mol. The lowest BCUT2D eigenvalue weighted by molar-refractivity contribution is 0.319. The molecule has 0 aromatic carbocycles. The van der Waals surface area contributed by atoms with Crippen molar-refractivity contribution in [2.24, 2.45) is 11.8 Å². The Kier molecular flexibility index (Phi) is 5.21.